The van der Waals surface area contributed by atoms with Crippen molar-refractivity contribution in [3.05, 3.63) is 86.6 Å². The Kier molecular flexibility index (Phi) is 6.32. The van der Waals surface area contributed by atoms with Gasteiger partial charge in [-0.25, -0.2) is 0 Å². The molecule has 1 N–H and O–H groups in total. The monoisotopic (exact) mass is 461 g/mol. The summed E-state index contributed by atoms with van der Waals surface area (Å²) in [5.41, 5.74) is -1.31. The van der Waals surface area contributed by atoms with Crippen LogP contribution in [0.4, 0.5) is 24.5 Å². The van der Waals surface area contributed by atoms with E-state index in [1.54, 1.807) is 6.07 Å². The summed E-state index contributed by atoms with van der Waals surface area (Å²) >= 11 is 5.55. The van der Waals surface area contributed by atoms with Crippen molar-refractivity contribution in [1.29, 1.82) is 5.26 Å². The van der Waals surface area contributed by atoms with E-state index in [1.165, 1.54) is 42.5 Å². The van der Waals surface area contributed by atoms with Crippen molar-refractivity contribution in [2.24, 2.45) is 0 Å². The van der Waals surface area contributed by atoms with E-state index in [0.29, 0.717) is 17.4 Å². The molecule has 0 fully saturated rings. The lowest BCUT2D eigenvalue weighted by molar-refractivity contribution is -0.384. The number of nitrogens with zero attached hydrogens (tertiary/aromatic N) is 2. The van der Waals surface area contributed by atoms with Gasteiger partial charge in [-0.3, -0.25) is 14.9 Å². The van der Waals surface area contributed by atoms with Gasteiger partial charge < -0.3 is 9.73 Å². The van der Waals surface area contributed by atoms with Gasteiger partial charge in [0.2, 0.25) is 0 Å². The zero-order valence-corrected chi connectivity index (χ0v) is 16.6. The average Bonchev–Trinajstić information content (AvgIpc) is 3.21. The number of nitro groups is 1. The molecule has 0 aliphatic heterocycles. The van der Waals surface area contributed by atoms with Crippen LogP contribution in [0.15, 0.2) is 64.6 Å². The van der Waals surface area contributed by atoms with E-state index in [2.05, 4.69) is 5.32 Å². The summed E-state index contributed by atoms with van der Waals surface area (Å²) in [7, 11) is 0. The fraction of sp³-hybridized carbons (Fsp3) is 0.0476. The fourth-order valence-corrected chi connectivity index (χ4v) is 2.87. The number of nitrogens with one attached hydrogen (secondary N) is 1. The second-order valence-electron chi connectivity index (χ2n) is 6.32. The molecule has 0 aliphatic carbocycles. The summed E-state index contributed by atoms with van der Waals surface area (Å²) in [6.07, 6.45) is -3.60. The van der Waals surface area contributed by atoms with Crippen molar-refractivity contribution in [2.45, 2.75) is 6.18 Å². The second kappa shape index (κ2) is 8.95. The molecule has 7 nitrogen and oxygen atoms in total. The standard InChI is InChI=1S/C21H11ClF3N3O4/c22-18-7-3-14(10-17(18)21(23,24)25)27-20(29)13(11-26)9-16-6-8-19(32-16)12-1-4-15(5-2-12)28(30)31/h1-10H,(H,27,29)/b13-9+. The number of hydrogen-bond donors (Lipinski definition) is 1. The number of hydrogen-bond acceptors (Lipinski definition) is 5. The van der Waals surface area contributed by atoms with E-state index in [9.17, 15) is 33.3 Å². The number of nitro benzene ring substituents is 1. The van der Waals surface area contributed by atoms with E-state index in [4.69, 9.17) is 16.0 Å². The molecule has 0 spiro atoms. The number of non-ortho nitro benzene ring substituents is 1. The van der Waals surface area contributed by atoms with Crippen LogP contribution < -0.4 is 5.32 Å². The summed E-state index contributed by atoms with van der Waals surface area (Å²) in [6, 6.07) is 13.0. The maximum atomic E-state index is 13.0. The van der Waals surface area contributed by atoms with E-state index in [1.807, 2.05) is 0 Å². The average molecular weight is 462 g/mol. The number of rotatable bonds is 5. The van der Waals surface area contributed by atoms with Gasteiger partial charge in [0.25, 0.3) is 11.6 Å². The Morgan fingerprint density at radius 2 is 1.84 bits per heavy atom. The maximum Gasteiger partial charge on any atom is 0.417 e. The third kappa shape index (κ3) is 5.14. The summed E-state index contributed by atoms with van der Waals surface area (Å²) in [5.74, 6) is -0.496. The van der Waals surface area contributed by atoms with Gasteiger partial charge in [0.1, 0.15) is 23.2 Å². The zero-order valence-electron chi connectivity index (χ0n) is 15.8. The van der Waals surface area contributed by atoms with E-state index >= 15 is 0 Å². The molecule has 1 amide bonds. The number of carbonyl (C=O) groups excluding carboxylic acids is 1. The number of nitriles is 1. The molecule has 162 valence electrons. The van der Waals surface area contributed by atoms with E-state index in [0.717, 1.165) is 12.1 Å². The first-order valence-corrected chi connectivity index (χ1v) is 9.11. The number of benzene rings is 2. The third-order valence-corrected chi connectivity index (χ3v) is 4.50. The molecule has 1 aromatic heterocycles. The van der Waals surface area contributed by atoms with Gasteiger partial charge in [0, 0.05) is 29.5 Å². The van der Waals surface area contributed by atoms with Crippen molar-refractivity contribution in [3.63, 3.8) is 0 Å². The first-order chi connectivity index (χ1) is 15.1. The molecule has 32 heavy (non-hydrogen) atoms. The largest absolute Gasteiger partial charge is 0.457 e. The van der Waals surface area contributed by atoms with Gasteiger partial charge in [0.05, 0.1) is 15.5 Å². The van der Waals surface area contributed by atoms with Crippen LogP contribution in [-0.2, 0) is 11.0 Å². The normalized spacial score (nSPS) is 11.7. The molecule has 0 saturated heterocycles. The Hall–Kier alpha value is -4.10. The number of anilines is 1. The van der Waals surface area contributed by atoms with E-state index < -0.39 is 33.2 Å². The van der Waals surface area contributed by atoms with Gasteiger partial charge in [-0.05, 0) is 42.5 Å². The van der Waals surface area contributed by atoms with Crippen LogP contribution in [0, 0.1) is 21.4 Å². The molecule has 1 heterocycles. The van der Waals surface area contributed by atoms with Gasteiger partial charge in [-0.2, -0.15) is 18.4 Å². The highest BCUT2D eigenvalue weighted by Crippen LogP contribution is 2.36. The van der Waals surface area contributed by atoms with Gasteiger partial charge in [0.15, 0.2) is 0 Å². The summed E-state index contributed by atoms with van der Waals surface area (Å²) < 4.78 is 44.5. The van der Waals surface area contributed by atoms with Gasteiger partial charge in [-0.1, -0.05) is 11.6 Å². The number of furan rings is 1. The maximum absolute atomic E-state index is 13.0. The lowest BCUT2D eigenvalue weighted by atomic mass is 10.1. The van der Waals surface area contributed by atoms with Crippen LogP contribution in [0.25, 0.3) is 17.4 Å². The lowest BCUT2D eigenvalue weighted by Crippen LogP contribution is -2.14. The molecule has 2 aromatic carbocycles. The van der Waals surface area contributed by atoms with Crippen LogP contribution in [0.5, 0.6) is 0 Å². The molecule has 0 atom stereocenters. The minimum Gasteiger partial charge on any atom is -0.457 e. The Labute approximate surface area is 183 Å². The van der Waals surface area contributed by atoms with Gasteiger partial charge >= 0.3 is 6.18 Å². The number of alkyl halides is 3. The summed E-state index contributed by atoms with van der Waals surface area (Å²) in [4.78, 5) is 22.5. The Balaban J connectivity index is 1.80. The number of carbonyl (C=O) groups is 1. The third-order valence-electron chi connectivity index (χ3n) is 4.17. The molecule has 11 heteroatoms. The second-order valence-corrected chi connectivity index (χ2v) is 6.73. The molecular weight excluding hydrogens is 451 g/mol. The summed E-state index contributed by atoms with van der Waals surface area (Å²) in [6.45, 7) is 0. The zero-order chi connectivity index (χ0) is 23.5. The highest BCUT2D eigenvalue weighted by Gasteiger charge is 2.33. The van der Waals surface area contributed by atoms with Crippen molar-refractivity contribution in [3.8, 4) is 17.4 Å². The molecule has 0 bridgehead atoms. The Morgan fingerprint density at radius 3 is 2.44 bits per heavy atom. The Morgan fingerprint density at radius 1 is 1.16 bits per heavy atom. The highest BCUT2D eigenvalue weighted by molar-refractivity contribution is 6.31. The highest BCUT2D eigenvalue weighted by atomic mass is 35.5. The molecule has 0 aliphatic rings. The smallest absolute Gasteiger partial charge is 0.417 e. The molecular formula is C21H11ClF3N3O4. The molecule has 3 rings (SSSR count). The van der Waals surface area contributed by atoms with Crippen molar-refractivity contribution < 1.29 is 27.3 Å². The molecule has 0 radical (unpaired) electrons. The predicted octanol–water partition coefficient (Wildman–Crippen LogP) is 6.07. The summed E-state index contributed by atoms with van der Waals surface area (Å²) in [5, 5.41) is 21.7. The van der Waals surface area contributed by atoms with Gasteiger partial charge in [-0.15, -0.1) is 0 Å². The topological polar surface area (TPSA) is 109 Å². The minimum absolute atomic E-state index is 0.0975. The van der Waals surface area contributed by atoms with Crippen LogP contribution in [-0.4, -0.2) is 10.8 Å². The van der Waals surface area contributed by atoms with Crippen LogP contribution in [0.3, 0.4) is 0 Å². The number of amides is 1. The van der Waals surface area contributed by atoms with E-state index in [-0.39, 0.29) is 17.1 Å². The number of halogens is 4. The fourth-order valence-electron chi connectivity index (χ4n) is 2.64. The molecule has 3 aromatic rings. The van der Waals surface area contributed by atoms with Crippen molar-refractivity contribution in [2.75, 3.05) is 5.32 Å². The predicted molar refractivity (Wildman–Crippen MR) is 109 cm³/mol. The lowest BCUT2D eigenvalue weighted by Gasteiger charge is -2.11. The minimum atomic E-state index is -4.71. The Bertz CT molecular complexity index is 1260. The van der Waals surface area contributed by atoms with Crippen LogP contribution in [0.1, 0.15) is 11.3 Å². The van der Waals surface area contributed by atoms with Crippen molar-refractivity contribution in [1.82, 2.24) is 0 Å². The first kappa shape index (κ1) is 22.6. The quantitative estimate of drug-likeness (QED) is 0.214. The van der Waals surface area contributed by atoms with Crippen LogP contribution in [0.2, 0.25) is 5.02 Å². The molecule has 0 unspecified atom stereocenters. The SMILES string of the molecule is N#C/C(=C\c1ccc(-c2ccc([N+](=O)[O-])cc2)o1)C(=O)Nc1ccc(Cl)c(C(F)(F)F)c1. The van der Waals surface area contributed by atoms with Crippen molar-refractivity contribution >= 4 is 35.0 Å². The van der Waals surface area contributed by atoms with Crippen LogP contribution >= 0.6 is 11.6 Å². The molecule has 0 saturated carbocycles. The first-order valence-electron chi connectivity index (χ1n) is 8.73.